The lowest BCUT2D eigenvalue weighted by Crippen LogP contribution is -2.45. The number of aliphatic imine (C=N–C) groups is 1. The van der Waals surface area contributed by atoms with Gasteiger partial charge in [-0.25, -0.2) is 0 Å². The molecule has 0 amide bonds. The molecule has 0 fully saturated rings. The van der Waals surface area contributed by atoms with Crippen molar-refractivity contribution in [3.05, 3.63) is 66.4 Å². The van der Waals surface area contributed by atoms with Gasteiger partial charge in [-0.15, -0.1) is 24.0 Å². The fourth-order valence-corrected chi connectivity index (χ4v) is 2.90. The van der Waals surface area contributed by atoms with Gasteiger partial charge in [0.25, 0.3) is 0 Å². The molecule has 2 N–H and O–H groups in total. The van der Waals surface area contributed by atoms with Crippen LogP contribution in [0.15, 0.2) is 70.2 Å². The van der Waals surface area contributed by atoms with Crippen molar-refractivity contribution in [2.24, 2.45) is 4.99 Å². The summed E-state index contributed by atoms with van der Waals surface area (Å²) >= 11 is 0. The molecule has 0 radical (unpaired) electrons. The highest BCUT2D eigenvalue weighted by Crippen LogP contribution is 2.30. The summed E-state index contributed by atoms with van der Waals surface area (Å²) in [4.78, 5) is 4.24. The zero-order chi connectivity index (χ0) is 19.2. The summed E-state index contributed by atoms with van der Waals surface area (Å²) in [5.41, 5.74) is 1.80. The van der Waals surface area contributed by atoms with Crippen molar-refractivity contribution in [3.8, 4) is 22.8 Å². The van der Waals surface area contributed by atoms with E-state index in [0.717, 1.165) is 28.5 Å². The quantitative estimate of drug-likeness (QED) is 0.314. The van der Waals surface area contributed by atoms with E-state index in [1.807, 2.05) is 60.7 Å². The van der Waals surface area contributed by atoms with Crippen molar-refractivity contribution in [1.82, 2.24) is 15.8 Å². The van der Waals surface area contributed by atoms with Crippen molar-refractivity contribution in [1.29, 1.82) is 0 Å². The van der Waals surface area contributed by atoms with Crippen molar-refractivity contribution in [3.63, 3.8) is 0 Å². The summed E-state index contributed by atoms with van der Waals surface area (Å²) < 4.78 is 17.1. The average molecular weight is 506 g/mol. The first-order valence-corrected chi connectivity index (χ1v) is 9.16. The number of hydrogen-bond donors (Lipinski definition) is 2. The Balaban J connectivity index is 0.00000240. The zero-order valence-corrected chi connectivity index (χ0v) is 18.3. The minimum Gasteiger partial charge on any atom is -0.486 e. The van der Waals surface area contributed by atoms with Gasteiger partial charge in [0.15, 0.2) is 23.2 Å². The summed E-state index contributed by atoms with van der Waals surface area (Å²) in [5.74, 6) is 2.94. The van der Waals surface area contributed by atoms with Gasteiger partial charge in [-0.1, -0.05) is 47.6 Å². The van der Waals surface area contributed by atoms with Gasteiger partial charge in [0, 0.05) is 18.7 Å². The van der Waals surface area contributed by atoms with Crippen LogP contribution in [-0.2, 0) is 6.54 Å². The number of aromatic nitrogens is 1. The molecular weight excluding hydrogens is 483 g/mol. The SMILES string of the molecule is CN=C(NCc1cc(-c2ccccc2)on1)NCC1COc2ccccc2O1.I. The maximum absolute atomic E-state index is 5.94. The summed E-state index contributed by atoms with van der Waals surface area (Å²) in [5, 5.41) is 10.6. The van der Waals surface area contributed by atoms with Gasteiger partial charge in [-0.3, -0.25) is 4.99 Å². The fourth-order valence-electron chi connectivity index (χ4n) is 2.90. The molecule has 1 aromatic heterocycles. The lowest BCUT2D eigenvalue weighted by atomic mass is 10.2. The van der Waals surface area contributed by atoms with E-state index in [2.05, 4.69) is 20.8 Å². The van der Waals surface area contributed by atoms with Crippen LogP contribution >= 0.6 is 24.0 Å². The third-order valence-electron chi connectivity index (χ3n) is 4.34. The van der Waals surface area contributed by atoms with Gasteiger partial charge in [0.05, 0.1) is 13.1 Å². The fraction of sp³-hybridized carbons (Fsp3) is 0.238. The lowest BCUT2D eigenvalue weighted by molar-refractivity contribution is 0.0936. The minimum atomic E-state index is -0.0924. The van der Waals surface area contributed by atoms with Crippen molar-refractivity contribution in [2.75, 3.05) is 20.2 Å². The molecule has 0 spiro atoms. The van der Waals surface area contributed by atoms with E-state index < -0.39 is 0 Å². The van der Waals surface area contributed by atoms with Crippen LogP contribution in [0.1, 0.15) is 5.69 Å². The van der Waals surface area contributed by atoms with Gasteiger partial charge in [0.2, 0.25) is 0 Å². The highest BCUT2D eigenvalue weighted by molar-refractivity contribution is 14.0. The van der Waals surface area contributed by atoms with Crippen molar-refractivity contribution >= 4 is 29.9 Å². The number of ether oxygens (including phenoxy) is 2. The molecule has 8 heteroatoms. The van der Waals surface area contributed by atoms with Crippen molar-refractivity contribution in [2.45, 2.75) is 12.6 Å². The second kappa shape index (κ2) is 10.1. The van der Waals surface area contributed by atoms with Gasteiger partial charge in [0.1, 0.15) is 18.4 Å². The van der Waals surface area contributed by atoms with E-state index in [9.17, 15) is 0 Å². The van der Waals surface area contributed by atoms with Crippen LogP contribution in [0.2, 0.25) is 0 Å². The molecule has 0 saturated carbocycles. The maximum atomic E-state index is 5.94. The van der Waals surface area contributed by atoms with Crippen LogP contribution in [0, 0.1) is 0 Å². The molecule has 2 aromatic carbocycles. The number of rotatable bonds is 5. The number of fused-ring (bicyclic) bond motifs is 1. The van der Waals surface area contributed by atoms with E-state index in [-0.39, 0.29) is 30.1 Å². The first-order valence-electron chi connectivity index (χ1n) is 9.16. The zero-order valence-electron chi connectivity index (χ0n) is 16.0. The highest BCUT2D eigenvalue weighted by atomic mass is 127. The molecule has 29 heavy (non-hydrogen) atoms. The molecule has 7 nitrogen and oxygen atoms in total. The molecule has 1 atom stereocenters. The molecule has 1 aliphatic heterocycles. The molecule has 3 aromatic rings. The molecule has 1 unspecified atom stereocenters. The Bertz CT molecular complexity index is 946. The second-order valence-corrected chi connectivity index (χ2v) is 6.35. The normalized spacial score (nSPS) is 15.3. The van der Waals surface area contributed by atoms with E-state index >= 15 is 0 Å². The summed E-state index contributed by atoms with van der Waals surface area (Å²) in [7, 11) is 1.72. The van der Waals surface area contributed by atoms with E-state index in [0.29, 0.717) is 25.7 Å². The monoisotopic (exact) mass is 506 g/mol. The first-order chi connectivity index (χ1) is 13.8. The molecule has 0 bridgehead atoms. The Morgan fingerprint density at radius 1 is 1.07 bits per heavy atom. The van der Waals surface area contributed by atoms with E-state index in [1.165, 1.54) is 0 Å². The number of guanidine groups is 1. The van der Waals surface area contributed by atoms with Gasteiger partial charge in [-0.2, -0.15) is 0 Å². The summed E-state index contributed by atoms with van der Waals surface area (Å²) in [6.45, 7) is 1.56. The maximum Gasteiger partial charge on any atom is 0.191 e. The van der Waals surface area contributed by atoms with E-state index in [4.69, 9.17) is 14.0 Å². The topological polar surface area (TPSA) is 80.9 Å². The smallest absolute Gasteiger partial charge is 0.191 e. The first kappa shape index (κ1) is 21.0. The molecule has 1 aliphatic rings. The lowest BCUT2D eigenvalue weighted by Gasteiger charge is -2.27. The number of halogens is 1. The number of nitrogens with one attached hydrogen (secondary N) is 2. The molecule has 2 heterocycles. The van der Waals surface area contributed by atoms with Gasteiger partial charge >= 0.3 is 0 Å². The van der Waals surface area contributed by atoms with Crippen LogP contribution in [0.3, 0.4) is 0 Å². The highest BCUT2D eigenvalue weighted by Gasteiger charge is 2.20. The molecular formula is C21H23IN4O3. The van der Waals surface area contributed by atoms with Crippen LogP contribution in [-0.4, -0.2) is 37.4 Å². The third kappa shape index (κ3) is 5.41. The number of nitrogens with zero attached hydrogens (tertiary/aromatic N) is 2. The molecule has 0 aliphatic carbocycles. The van der Waals surface area contributed by atoms with Gasteiger partial charge < -0.3 is 24.6 Å². The number of hydrogen-bond acceptors (Lipinski definition) is 5. The van der Waals surface area contributed by atoms with Crippen LogP contribution in [0.5, 0.6) is 11.5 Å². The Morgan fingerprint density at radius 3 is 2.62 bits per heavy atom. The Labute approximate surface area is 186 Å². The van der Waals surface area contributed by atoms with Crippen LogP contribution < -0.4 is 20.1 Å². The predicted octanol–water partition coefficient (Wildman–Crippen LogP) is 3.46. The molecule has 152 valence electrons. The third-order valence-corrected chi connectivity index (χ3v) is 4.34. The van der Waals surface area contributed by atoms with E-state index in [1.54, 1.807) is 7.05 Å². The predicted molar refractivity (Wildman–Crippen MR) is 122 cm³/mol. The Hall–Kier alpha value is -2.75. The van der Waals surface area contributed by atoms with Crippen LogP contribution in [0.4, 0.5) is 0 Å². The van der Waals surface area contributed by atoms with Gasteiger partial charge in [-0.05, 0) is 12.1 Å². The summed E-state index contributed by atoms with van der Waals surface area (Å²) in [6, 6.07) is 19.5. The number of para-hydroxylation sites is 2. The Kier molecular flexibility index (Phi) is 7.34. The van der Waals surface area contributed by atoms with Crippen molar-refractivity contribution < 1.29 is 14.0 Å². The molecule has 0 saturated heterocycles. The molecule has 4 rings (SSSR count). The summed E-state index contributed by atoms with van der Waals surface area (Å²) in [6.07, 6.45) is -0.0924. The van der Waals surface area contributed by atoms with Crippen LogP contribution in [0.25, 0.3) is 11.3 Å². The number of benzene rings is 2. The Morgan fingerprint density at radius 2 is 1.83 bits per heavy atom. The second-order valence-electron chi connectivity index (χ2n) is 6.35. The standard InChI is InChI=1S/C21H22N4O3.HI/c1-22-21(24-13-17-14-26-18-9-5-6-10-19(18)27-17)23-12-16-11-20(28-25-16)15-7-3-2-4-8-15;/h2-11,17H,12-14H2,1H3,(H2,22,23,24);1H. The largest absolute Gasteiger partial charge is 0.486 e. The average Bonchev–Trinajstić information content (AvgIpc) is 3.23. The minimum absolute atomic E-state index is 0.